The fraction of sp³-hybridized carbons (Fsp3) is 0.667. The van der Waals surface area contributed by atoms with Crippen LogP contribution in [0.1, 0.15) is 51.7 Å². The van der Waals surface area contributed by atoms with E-state index in [4.69, 9.17) is 0 Å². The van der Waals surface area contributed by atoms with Gasteiger partial charge >= 0.3 is 0 Å². The third-order valence-corrected chi connectivity index (χ3v) is 4.44. The summed E-state index contributed by atoms with van der Waals surface area (Å²) in [5, 5.41) is 3.45. The molecule has 0 atom stereocenters. The fourth-order valence-corrected chi connectivity index (χ4v) is 3.02. The first kappa shape index (κ1) is 15.5. The SMILES string of the molecule is CCN(Cc1ccc(C(C)(C)C)cc1)C1CCNCC1. The molecular weight excluding hydrogens is 244 g/mol. The van der Waals surface area contributed by atoms with E-state index in [-0.39, 0.29) is 5.41 Å². The molecule has 1 N–H and O–H groups in total. The molecular formula is C18H30N2. The molecule has 0 spiro atoms. The predicted molar refractivity (Wildman–Crippen MR) is 87.1 cm³/mol. The topological polar surface area (TPSA) is 15.3 Å². The Balaban J connectivity index is 2.00. The van der Waals surface area contributed by atoms with Crippen LogP contribution in [0.2, 0.25) is 0 Å². The molecule has 2 heteroatoms. The van der Waals surface area contributed by atoms with Gasteiger partial charge < -0.3 is 5.32 Å². The highest BCUT2D eigenvalue weighted by Crippen LogP contribution is 2.23. The van der Waals surface area contributed by atoms with Crippen molar-refractivity contribution < 1.29 is 0 Å². The maximum absolute atomic E-state index is 3.45. The van der Waals surface area contributed by atoms with Crippen LogP contribution < -0.4 is 5.32 Å². The van der Waals surface area contributed by atoms with Gasteiger partial charge in [0.25, 0.3) is 0 Å². The Bertz CT molecular complexity index is 396. The summed E-state index contributed by atoms with van der Waals surface area (Å²) >= 11 is 0. The third-order valence-electron chi connectivity index (χ3n) is 4.44. The van der Waals surface area contributed by atoms with E-state index in [1.54, 1.807) is 0 Å². The molecule has 0 saturated carbocycles. The van der Waals surface area contributed by atoms with Gasteiger partial charge in [-0.25, -0.2) is 0 Å². The lowest BCUT2D eigenvalue weighted by atomic mass is 9.86. The Morgan fingerprint density at radius 1 is 1.10 bits per heavy atom. The minimum atomic E-state index is 0.248. The Morgan fingerprint density at radius 2 is 1.70 bits per heavy atom. The molecule has 1 fully saturated rings. The Hall–Kier alpha value is -0.860. The van der Waals surface area contributed by atoms with Crippen LogP contribution in [0.3, 0.4) is 0 Å². The number of nitrogens with one attached hydrogen (secondary N) is 1. The van der Waals surface area contributed by atoms with Gasteiger partial charge in [0.1, 0.15) is 0 Å². The zero-order valence-electron chi connectivity index (χ0n) is 13.6. The van der Waals surface area contributed by atoms with Crippen molar-refractivity contribution in [3.05, 3.63) is 35.4 Å². The first-order valence-electron chi connectivity index (χ1n) is 8.05. The molecule has 2 nitrogen and oxygen atoms in total. The van der Waals surface area contributed by atoms with Crippen LogP contribution in [0.15, 0.2) is 24.3 Å². The maximum Gasteiger partial charge on any atom is 0.0236 e. The summed E-state index contributed by atoms with van der Waals surface area (Å²) in [7, 11) is 0. The van der Waals surface area contributed by atoms with Crippen LogP contribution in [-0.4, -0.2) is 30.6 Å². The molecule has 1 aromatic rings. The molecule has 20 heavy (non-hydrogen) atoms. The highest BCUT2D eigenvalue weighted by atomic mass is 15.2. The van der Waals surface area contributed by atoms with Crippen molar-refractivity contribution in [2.75, 3.05) is 19.6 Å². The summed E-state index contributed by atoms with van der Waals surface area (Å²) in [6.07, 6.45) is 2.57. The molecule has 0 amide bonds. The van der Waals surface area contributed by atoms with Crippen molar-refractivity contribution in [1.82, 2.24) is 10.2 Å². The Kier molecular flexibility index (Phi) is 5.22. The monoisotopic (exact) mass is 274 g/mol. The second kappa shape index (κ2) is 6.73. The van der Waals surface area contributed by atoms with Gasteiger partial charge in [-0.1, -0.05) is 52.0 Å². The normalized spacial score (nSPS) is 17.6. The predicted octanol–water partition coefficient (Wildman–Crippen LogP) is 3.56. The van der Waals surface area contributed by atoms with E-state index in [1.807, 2.05) is 0 Å². The molecule has 1 aromatic carbocycles. The molecule has 1 aliphatic heterocycles. The van der Waals surface area contributed by atoms with Gasteiger partial charge in [0, 0.05) is 12.6 Å². The van der Waals surface area contributed by atoms with Gasteiger partial charge in [0.2, 0.25) is 0 Å². The summed E-state index contributed by atoms with van der Waals surface area (Å²) in [5.41, 5.74) is 3.11. The number of hydrogen-bond acceptors (Lipinski definition) is 2. The van der Waals surface area contributed by atoms with E-state index in [1.165, 1.54) is 37.1 Å². The van der Waals surface area contributed by atoms with Crippen molar-refractivity contribution >= 4 is 0 Å². The van der Waals surface area contributed by atoms with Crippen molar-refractivity contribution in [1.29, 1.82) is 0 Å². The van der Waals surface area contributed by atoms with Crippen LogP contribution in [0, 0.1) is 0 Å². The molecule has 1 aliphatic rings. The van der Waals surface area contributed by atoms with E-state index in [2.05, 4.69) is 62.2 Å². The summed E-state index contributed by atoms with van der Waals surface area (Å²) in [4.78, 5) is 2.63. The van der Waals surface area contributed by atoms with Crippen LogP contribution >= 0.6 is 0 Å². The largest absolute Gasteiger partial charge is 0.317 e. The van der Waals surface area contributed by atoms with E-state index in [0.717, 1.165) is 19.1 Å². The lowest BCUT2D eigenvalue weighted by Crippen LogP contribution is -2.42. The molecule has 1 saturated heterocycles. The van der Waals surface area contributed by atoms with Crippen LogP contribution in [-0.2, 0) is 12.0 Å². The van der Waals surface area contributed by atoms with E-state index < -0.39 is 0 Å². The molecule has 0 aliphatic carbocycles. The molecule has 0 unspecified atom stereocenters. The standard InChI is InChI=1S/C18H30N2/c1-5-20(17-10-12-19-13-11-17)14-15-6-8-16(9-7-15)18(2,3)4/h6-9,17,19H,5,10-14H2,1-4H3. The first-order valence-corrected chi connectivity index (χ1v) is 8.05. The Morgan fingerprint density at radius 3 is 2.20 bits per heavy atom. The van der Waals surface area contributed by atoms with Gasteiger partial charge in [-0.2, -0.15) is 0 Å². The average molecular weight is 274 g/mol. The van der Waals surface area contributed by atoms with Gasteiger partial charge in [-0.15, -0.1) is 0 Å². The first-order chi connectivity index (χ1) is 9.50. The second-order valence-corrected chi connectivity index (χ2v) is 6.99. The lowest BCUT2D eigenvalue weighted by molar-refractivity contribution is 0.162. The second-order valence-electron chi connectivity index (χ2n) is 6.99. The van der Waals surface area contributed by atoms with Crippen LogP contribution in [0.5, 0.6) is 0 Å². The van der Waals surface area contributed by atoms with Crippen LogP contribution in [0.4, 0.5) is 0 Å². The zero-order chi connectivity index (χ0) is 14.6. The Labute approximate surface area is 124 Å². The average Bonchev–Trinajstić information content (AvgIpc) is 2.45. The minimum Gasteiger partial charge on any atom is -0.317 e. The molecule has 1 heterocycles. The lowest BCUT2D eigenvalue weighted by Gasteiger charge is -2.34. The van der Waals surface area contributed by atoms with Crippen LogP contribution in [0.25, 0.3) is 0 Å². The van der Waals surface area contributed by atoms with Gasteiger partial charge in [0.15, 0.2) is 0 Å². The molecule has 0 bridgehead atoms. The number of hydrogen-bond donors (Lipinski definition) is 1. The number of piperidine rings is 1. The molecule has 0 aromatic heterocycles. The smallest absolute Gasteiger partial charge is 0.0236 e. The van der Waals surface area contributed by atoms with E-state index >= 15 is 0 Å². The third kappa shape index (κ3) is 4.07. The molecule has 0 radical (unpaired) electrons. The summed E-state index contributed by atoms with van der Waals surface area (Å²) in [5.74, 6) is 0. The highest BCUT2D eigenvalue weighted by molar-refractivity contribution is 5.27. The molecule has 112 valence electrons. The van der Waals surface area contributed by atoms with E-state index in [9.17, 15) is 0 Å². The highest BCUT2D eigenvalue weighted by Gasteiger charge is 2.20. The van der Waals surface area contributed by atoms with Crippen molar-refractivity contribution in [2.24, 2.45) is 0 Å². The summed E-state index contributed by atoms with van der Waals surface area (Å²) < 4.78 is 0. The number of nitrogens with zero attached hydrogens (tertiary/aromatic N) is 1. The number of rotatable bonds is 4. The summed E-state index contributed by atoms with van der Waals surface area (Å²) in [6.45, 7) is 13.7. The fourth-order valence-electron chi connectivity index (χ4n) is 3.02. The van der Waals surface area contributed by atoms with E-state index in [0.29, 0.717) is 0 Å². The van der Waals surface area contributed by atoms with Crippen molar-refractivity contribution in [3.8, 4) is 0 Å². The summed E-state index contributed by atoms with van der Waals surface area (Å²) in [6, 6.07) is 9.97. The quantitative estimate of drug-likeness (QED) is 0.903. The number of benzene rings is 1. The molecule has 2 rings (SSSR count). The maximum atomic E-state index is 3.45. The van der Waals surface area contributed by atoms with Gasteiger partial charge in [-0.05, 0) is 49.0 Å². The minimum absolute atomic E-state index is 0.248. The zero-order valence-corrected chi connectivity index (χ0v) is 13.6. The van der Waals surface area contributed by atoms with Crippen molar-refractivity contribution in [3.63, 3.8) is 0 Å². The van der Waals surface area contributed by atoms with Gasteiger partial charge in [0.05, 0.1) is 0 Å². The van der Waals surface area contributed by atoms with Gasteiger partial charge in [-0.3, -0.25) is 4.90 Å². The van der Waals surface area contributed by atoms with Crippen molar-refractivity contribution in [2.45, 2.75) is 58.5 Å².